The maximum absolute atomic E-state index is 14.1. The lowest BCUT2D eigenvalue weighted by Crippen LogP contribution is -2.22. The fourth-order valence-corrected chi connectivity index (χ4v) is 4.21. The van der Waals surface area contributed by atoms with E-state index in [2.05, 4.69) is 5.32 Å². The minimum Gasteiger partial charge on any atom is -0.325 e. The molecule has 0 aliphatic carbocycles. The van der Waals surface area contributed by atoms with Crippen molar-refractivity contribution in [3.63, 3.8) is 0 Å². The Morgan fingerprint density at radius 2 is 1.74 bits per heavy atom. The highest BCUT2D eigenvalue weighted by Crippen LogP contribution is 2.46. The Labute approximate surface area is 137 Å². The van der Waals surface area contributed by atoms with E-state index in [0.717, 1.165) is 21.7 Å². The summed E-state index contributed by atoms with van der Waals surface area (Å²) in [5, 5.41) is 4.87. The number of hydrogen-bond acceptors (Lipinski definition) is 2. The molecule has 0 saturated heterocycles. The van der Waals surface area contributed by atoms with Crippen LogP contribution in [-0.2, 0) is 4.79 Å². The highest BCUT2D eigenvalue weighted by Gasteiger charge is 2.30. The first-order valence-corrected chi connectivity index (χ1v) is 8.33. The molecule has 1 aliphatic heterocycles. The Hall–Kier alpha value is -2.46. The molecule has 2 aromatic carbocycles. The molecule has 1 aliphatic rings. The van der Waals surface area contributed by atoms with E-state index in [-0.39, 0.29) is 17.6 Å². The Kier molecular flexibility index (Phi) is 3.46. The number of nitrogens with one attached hydrogen (secondary N) is 1. The third-order valence-corrected chi connectivity index (χ3v) is 5.25. The van der Waals surface area contributed by atoms with Crippen LogP contribution in [0.5, 0.6) is 0 Å². The van der Waals surface area contributed by atoms with Gasteiger partial charge in [-0.3, -0.25) is 4.79 Å². The van der Waals surface area contributed by atoms with Crippen LogP contribution in [0.1, 0.15) is 22.8 Å². The Morgan fingerprint density at radius 3 is 2.52 bits per heavy atom. The van der Waals surface area contributed by atoms with Gasteiger partial charge in [0.15, 0.2) is 0 Å². The van der Waals surface area contributed by atoms with Crippen LogP contribution >= 0.6 is 11.3 Å². The molecule has 1 aromatic heterocycles. The summed E-state index contributed by atoms with van der Waals surface area (Å²) in [6.07, 6.45) is 0.425. The zero-order chi connectivity index (χ0) is 15.8. The van der Waals surface area contributed by atoms with Gasteiger partial charge in [0.1, 0.15) is 5.82 Å². The van der Waals surface area contributed by atoms with Gasteiger partial charge in [-0.1, -0.05) is 48.5 Å². The van der Waals surface area contributed by atoms with Crippen molar-refractivity contribution in [2.45, 2.75) is 12.3 Å². The first-order chi connectivity index (χ1) is 11.2. The molecular weight excluding hydrogens is 309 g/mol. The molecule has 1 unspecified atom stereocenters. The molecule has 1 atom stereocenters. The first kappa shape index (κ1) is 14.2. The summed E-state index contributed by atoms with van der Waals surface area (Å²) < 4.78 is 14.1. The molecule has 1 amide bonds. The standard InChI is InChI=1S/C19H14FNOS/c20-16-9-5-4-8-13(16)15-11-23-19-14(10-17(22)21-18(15)19)12-6-2-1-3-7-12/h1-9,11,14H,10H2,(H,21,22). The van der Waals surface area contributed by atoms with E-state index in [1.807, 2.05) is 41.8 Å². The molecule has 0 saturated carbocycles. The molecule has 4 heteroatoms. The lowest BCUT2D eigenvalue weighted by atomic mass is 9.89. The molecule has 1 N–H and O–H groups in total. The molecule has 23 heavy (non-hydrogen) atoms. The normalized spacial score (nSPS) is 16.7. The van der Waals surface area contributed by atoms with E-state index in [9.17, 15) is 9.18 Å². The lowest BCUT2D eigenvalue weighted by Gasteiger charge is -2.24. The maximum atomic E-state index is 14.1. The van der Waals surface area contributed by atoms with Gasteiger partial charge in [-0.15, -0.1) is 11.3 Å². The van der Waals surface area contributed by atoms with Crippen molar-refractivity contribution < 1.29 is 9.18 Å². The van der Waals surface area contributed by atoms with Crippen LogP contribution in [0.25, 0.3) is 11.1 Å². The monoisotopic (exact) mass is 323 g/mol. The molecule has 4 rings (SSSR count). The summed E-state index contributed by atoms with van der Waals surface area (Å²) in [6, 6.07) is 16.7. The minimum absolute atomic E-state index is 0.0256. The Bertz CT molecular complexity index is 872. The van der Waals surface area contributed by atoms with E-state index in [1.54, 1.807) is 23.5 Å². The summed E-state index contributed by atoms with van der Waals surface area (Å²) in [6.45, 7) is 0. The van der Waals surface area contributed by atoms with Crippen molar-refractivity contribution in [3.8, 4) is 11.1 Å². The predicted molar refractivity (Wildman–Crippen MR) is 91.2 cm³/mol. The molecule has 0 fully saturated rings. The van der Waals surface area contributed by atoms with Crippen molar-refractivity contribution >= 4 is 22.9 Å². The number of thiophene rings is 1. The number of benzene rings is 2. The van der Waals surface area contributed by atoms with E-state index < -0.39 is 0 Å². The van der Waals surface area contributed by atoms with Gasteiger partial charge >= 0.3 is 0 Å². The van der Waals surface area contributed by atoms with Crippen LogP contribution < -0.4 is 5.32 Å². The van der Waals surface area contributed by atoms with Gasteiger partial charge < -0.3 is 5.32 Å². The van der Waals surface area contributed by atoms with Crippen molar-refractivity contribution in [1.29, 1.82) is 0 Å². The number of fused-ring (bicyclic) bond motifs is 1. The molecule has 2 heterocycles. The van der Waals surface area contributed by atoms with Crippen LogP contribution in [0.3, 0.4) is 0 Å². The smallest absolute Gasteiger partial charge is 0.225 e. The topological polar surface area (TPSA) is 29.1 Å². The van der Waals surface area contributed by atoms with Crippen molar-refractivity contribution in [3.05, 3.63) is 76.2 Å². The summed E-state index contributed by atoms with van der Waals surface area (Å²) in [4.78, 5) is 13.3. The van der Waals surface area contributed by atoms with E-state index in [4.69, 9.17) is 0 Å². The highest BCUT2D eigenvalue weighted by atomic mass is 32.1. The third kappa shape index (κ3) is 2.45. The SMILES string of the molecule is O=C1CC(c2ccccc2)c2scc(-c3ccccc3F)c2N1. The van der Waals surface area contributed by atoms with Crippen LogP contribution in [0.4, 0.5) is 10.1 Å². The van der Waals surface area contributed by atoms with Crippen LogP contribution in [0.15, 0.2) is 60.0 Å². The van der Waals surface area contributed by atoms with Gasteiger partial charge in [0.05, 0.1) is 5.69 Å². The largest absolute Gasteiger partial charge is 0.325 e. The van der Waals surface area contributed by atoms with Crippen LogP contribution in [0, 0.1) is 5.82 Å². The molecule has 0 bridgehead atoms. The molecule has 0 spiro atoms. The van der Waals surface area contributed by atoms with Gasteiger partial charge in [0.2, 0.25) is 5.91 Å². The van der Waals surface area contributed by atoms with E-state index in [1.165, 1.54) is 6.07 Å². The summed E-state index contributed by atoms with van der Waals surface area (Å²) in [7, 11) is 0. The number of amides is 1. The fraction of sp³-hybridized carbons (Fsp3) is 0.105. The van der Waals surface area contributed by atoms with E-state index in [0.29, 0.717) is 12.0 Å². The van der Waals surface area contributed by atoms with Crippen LogP contribution in [0.2, 0.25) is 0 Å². The second-order valence-corrected chi connectivity index (χ2v) is 6.50. The van der Waals surface area contributed by atoms with Crippen molar-refractivity contribution in [2.75, 3.05) is 5.32 Å². The number of anilines is 1. The molecular formula is C19H14FNOS. The van der Waals surface area contributed by atoms with Crippen LogP contribution in [-0.4, -0.2) is 5.91 Å². The number of hydrogen-bond donors (Lipinski definition) is 1. The molecule has 2 nitrogen and oxygen atoms in total. The predicted octanol–water partition coefficient (Wildman–Crippen LogP) is 5.03. The van der Waals surface area contributed by atoms with Gasteiger partial charge in [0.25, 0.3) is 0 Å². The van der Waals surface area contributed by atoms with Crippen molar-refractivity contribution in [2.24, 2.45) is 0 Å². The van der Waals surface area contributed by atoms with E-state index >= 15 is 0 Å². The fourth-order valence-electron chi connectivity index (χ4n) is 3.06. The number of rotatable bonds is 2. The second kappa shape index (κ2) is 5.63. The molecule has 114 valence electrons. The summed E-state index contributed by atoms with van der Waals surface area (Å²) in [5.74, 6) is -0.267. The number of carbonyl (C=O) groups is 1. The van der Waals surface area contributed by atoms with Gasteiger partial charge in [0, 0.05) is 33.7 Å². The third-order valence-electron chi connectivity index (χ3n) is 4.16. The average Bonchev–Trinajstić information content (AvgIpc) is 2.99. The summed E-state index contributed by atoms with van der Waals surface area (Å²) in [5.41, 5.74) is 3.16. The Balaban J connectivity index is 1.85. The zero-order valence-electron chi connectivity index (χ0n) is 12.3. The number of halogens is 1. The molecule has 0 radical (unpaired) electrons. The van der Waals surface area contributed by atoms with Gasteiger partial charge in [-0.25, -0.2) is 4.39 Å². The second-order valence-electron chi connectivity index (χ2n) is 5.58. The van der Waals surface area contributed by atoms with Gasteiger partial charge in [-0.2, -0.15) is 0 Å². The summed E-state index contributed by atoms with van der Waals surface area (Å²) >= 11 is 1.58. The first-order valence-electron chi connectivity index (χ1n) is 7.45. The van der Waals surface area contributed by atoms with Crippen molar-refractivity contribution in [1.82, 2.24) is 0 Å². The molecule has 3 aromatic rings. The number of carbonyl (C=O) groups excluding carboxylic acids is 1. The average molecular weight is 323 g/mol. The highest BCUT2D eigenvalue weighted by molar-refractivity contribution is 7.11. The lowest BCUT2D eigenvalue weighted by molar-refractivity contribution is -0.116. The Morgan fingerprint density at radius 1 is 1.00 bits per heavy atom. The minimum atomic E-state index is -0.274. The quantitative estimate of drug-likeness (QED) is 0.704. The maximum Gasteiger partial charge on any atom is 0.225 e. The zero-order valence-corrected chi connectivity index (χ0v) is 13.1. The van der Waals surface area contributed by atoms with Gasteiger partial charge in [-0.05, 0) is 11.6 Å².